The van der Waals surface area contributed by atoms with Gasteiger partial charge in [0.2, 0.25) is 5.91 Å². The van der Waals surface area contributed by atoms with Crippen molar-refractivity contribution in [3.05, 3.63) is 69.2 Å². The van der Waals surface area contributed by atoms with Gasteiger partial charge in [0, 0.05) is 10.2 Å². The van der Waals surface area contributed by atoms with Gasteiger partial charge in [0.25, 0.3) is 5.56 Å². The van der Waals surface area contributed by atoms with E-state index in [4.69, 9.17) is 0 Å². The molecule has 0 spiro atoms. The number of fused-ring (bicyclic) bond motifs is 1. The Kier molecular flexibility index (Phi) is 4.99. The first-order chi connectivity index (χ1) is 11.9. The number of nitrogens with one attached hydrogen (secondary N) is 1. The van der Waals surface area contributed by atoms with Gasteiger partial charge in [0.15, 0.2) is 0 Å². The van der Waals surface area contributed by atoms with Crippen LogP contribution < -0.4 is 10.9 Å². The summed E-state index contributed by atoms with van der Waals surface area (Å²) in [6.07, 6.45) is 1.40. The number of halogens is 1. The van der Waals surface area contributed by atoms with Gasteiger partial charge in [-0.2, -0.15) is 0 Å². The monoisotopic (exact) mass is 399 g/mol. The van der Waals surface area contributed by atoms with Crippen LogP contribution in [0.4, 0.5) is 5.69 Å². The molecule has 1 N–H and O–H groups in total. The highest BCUT2D eigenvalue weighted by molar-refractivity contribution is 9.10. The van der Waals surface area contributed by atoms with Crippen molar-refractivity contribution in [2.24, 2.45) is 0 Å². The van der Waals surface area contributed by atoms with E-state index in [0.29, 0.717) is 22.5 Å². The molecular formula is C19H18BrN3O2. The van der Waals surface area contributed by atoms with Crippen LogP contribution in [0, 0.1) is 0 Å². The SMILES string of the molecule is CC(C)c1ccc(NC(=O)Cn2cnc3ccc(Br)cc3c2=O)cc1. The van der Waals surface area contributed by atoms with Crippen molar-refractivity contribution in [3.63, 3.8) is 0 Å². The number of benzene rings is 2. The number of aromatic nitrogens is 2. The summed E-state index contributed by atoms with van der Waals surface area (Å²) in [4.78, 5) is 29.0. The number of carbonyl (C=O) groups excluding carboxylic acids is 1. The second kappa shape index (κ2) is 7.19. The van der Waals surface area contributed by atoms with Crippen molar-refractivity contribution in [2.75, 3.05) is 5.32 Å². The predicted molar refractivity (Wildman–Crippen MR) is 103 cm³/mol. The molecule has 0 saturated carbocycles. The topological polar surface area (TPSA) is 64.0 Å². The van der Waals surface area contributed by atoms with Crippen molar-refractivity contribution < 1.29 is 4.79 Å². The molecule has 0 unspecified atom stereocenters. The average Bonchev–Trinajstić information content (AvgIpc) is 2.58. The van der Waals surface area contributed by atoms with Crippen LogP contribution in [0.3, 0.4) is 0 Å². The van der Waals surface area contributed by atoms with Gasteiger partial charge in [-0.3, -0.25) is 14.2 Å². The molecule has 0 aliphatic heterocycles. The maximum atomic E-state index is 12.5. The molecule has 128 valence electrons. The molecule has 3 aromatic rings. The molecule has 0 aliphatic carbocycles. The molecule has 25 heavy (non-hydrogen) atoms. The van der Waals surface area contributed by atoms with Crippen molar-refractivity contribution in [1.29, 1.82) is 0 Å². The average molecular weight is 400 g/mol. The predicted octanol–water partition coefficient (Wildman–Crippen LogP) is 3.92. The van der Waals surface area contributed by atoms with E-state index in [1.807, 2.05) is 30.3 Å². The second-order valence-corrected chi connectivity index (χ2v) is 7.08. The number of nitrogens with zero attached hydrogens (tertiary/aromatic N) is 2. The van der Waals surface area contributed by atoms with Gasteiger partial charge in [-0.25, -0.2) is 4.98 Å². The highest BCUT2D eigenvalue weighted by atomic mass is 79.9. The standard InChI is InChI=1S/C19H18BrN3O2/c1-12(2)13-3-6-15(7-4-13)22-18(24)10-23-11-21-17-8-5-14(20)9-16(17)19(23)25/h3-9,11-12H,10H2,1-2H3,(H,22,24). The number of anilines is 1. The van der Waals surface area contributed by atoms with E-state index in [9.17, 15) is 9.59 Å². The van der Waals surface area contributed by atoms with E-state index in [0.717, 1.165) is 4.47 Å². The number of carbonyl (C=O) groups is 1. The maximum absolute atomic E-state index is 12.5. The highest BCUT2D eigenvalue weighted by Crippen LogP contribution is 2.17. The van der Waals surface area contributed by atoms with Crippen molar-refractivity contribution in [1.82, 2.24) is 9.55 Å². The fourth-order valence-corrected chi connectivity index (χ4v) is 2.91. The highest BCUT2D eigenvalue weighted by Gasteiger charge is 2.09. The third kappa shape index (κ3) is 3.96. The summed E-state index contributed by atoms with van der Waals surface area (Å²) in [7, 11) is 0. The van der Waals surface area contributed by atoms with Gasteiger partial charge in [-0.05, 0) is 41.8 Å². The zero-order valence-corrected chi connectivity index (χ0v) is 15.6. The van der Waals surface area contributed by atoms with Crippen molar-refractivity contribution >= 4 is 38.4 Å². The van der Waals surface area contributed by atoms with Crippen LogP contribution in [0.25, 0.3) is 10.9 Å². The first-order valence-electron chi connectivity index (χ1n) is 7.98. The van der Waals surface area contributed by atoms with Gasteiger partial charge < -0.3 is 5.32 Å². The Morgan fingerprint density at radius 3 is 2.60 bits per heavy atom. The number of hydrogen-bond donors (Lipinski definition) is 1. The molecule has 0 saturated heterocycles. The second-order valence-electron chi connectivity index (χ2n) is 6.16. The van der Waals surface area contributed by atoms with Crippen LogP contribution in [0.1, 0.15) is 25.3 Å². The van der Waals surface area contributed by atoms with Crippen LogP contribution in [0.5, 0.6) is 0 Å². The quantitative estimate of drug-likeness (QED) is 0.722. The third-order valence-corrected chi connectivity index (χ3v) is 4.45. The lowest BCUT2D eigenvalue weighted by atomic mass is 10.0. The molecule has 1 aromatic heterocycles. The van der Waals surface area contributed by atoms with E-state index in [-0.39, 0.29) is 18.0 Å². The summed E-state index contributed by atoms with van der Waals surface area (Å²) in [5.74, 6) is 0.168. The van der Waals surface area contributed by atoms with Crippen LogP contribution >= 0.6 is 15.9 Å². The Morgan fingerprint density at radius 2 is 1.92 bits per heavy atom. The Balaban J connectivity index is 1.77. The molecule has 2 aromatic carbocycles. The van der Waals surface area contributed by atoms with Crippen LogP contribution in [-0.2, 0) is 11.3 Å². The lowest BCUT2D eigenvalue weighted by Crippen LogP contribution is -2.27. The zero-order valence-electron chi connectivity index (χ0n) is 14.0. The molecule has 5 nitrogen and oxygen atoms in total. The van der Waals surface area contributed by atoms with Crippen LogP contribution in [-0.4, -0.2) is 15.5 Å². The van der Waals surface area contributed by atoms with Crippen LogP contribution in [0.2, 0.25) is 0 Å². The summed E-state index contributed by atoms with van der Waals surface area (Å²) in [5, 5.41) is 3.29. The van der Waals surface area contributed by atoms with Gasteiger partial charge in [-0.15, -0.1) is 0 Å². The van der Waals surface area contributed by atoms with E-state index in [2.05, 4.69) is 40.1 Å². The minimum Gasteiger partial charge on any atom is -0.325 e. The molecular weight excluding hydrogens is 382 g/mol. The molecule has 6 heteroatoms. The van der Waals surface area contributed by atoms with Crippen molar-refractivity contribution in [2.45, 2.75) is 26.3 Å². The Hall–Kier alpha value is -2.47. The summed E-state index contributed by atoms with van der Waals surface area (Å²) in [6.45, 7) is 4.15. The molecule has 0 aliphatic rings. The van der Waals surface area contributed by atoms with Gasteiger partial charge in [-0.1, -0.05) is 41.9 Å². The first-order valence-corrected chi connectivity index (χ1v) is 8.78. The van der Waals surface area contributed by atoms with E-state index < -0.39 is 0 Å². The molecule has 1 amide bonds. The molecule has 0 fully saturated rings. The summed E-state index contributed by atoms with van der Waals surface area (Å²) in [5.41, 5.74) is 2.28. The Bertz CT molecular complexity index is 978. The Morgan fingerprint density at radius 1 is 1.20 bits per heavy atom. The zero-order chi connectivity index (χ0) is 18.0. The number of hydrogen-bond acceptors (Lipinski definition) is 3. The lowest BCUT2D eigenvalue weighted by Gasteiger charge is -2.10. The summed E-state index contributed by atoms with van der Waals surface area (Å²) >= 11 is 3.35. The summed E-state index contributed by atoms with van der Waals surface area (Å²) < 4.78 is 2.11. The van der Waals surface area contributed by atoms with Crippen LogP contribution in [0.15, 0.2) is 58.1 Å². The third-order valence-electron chi connectivity index (χ3n) is 3.96. The van der Waals surface area contributed by atoms with Gasteiger partial charge >= 0.3 is 0 Å². The molecule has 0 radical (unpaired) electrons. The van der Waals surface area contributed by atoms with E-state index in [1.165, 1.54) is 16.5 Å². The first kappa shape index (κ1) is 17.4. The van der Waals surface area contributed by atoms with Gasteiger partial charge in [0.1, 0.15) is 6.54 Å². The minimum absolute atomic E-state index is 0.0831. The fourth-order valence-electron chi connectivity index (χ4n) is 2.55. The molecule has 0 bridgehead atoms. The lowest BCUT2D eigenvalue weighted by molar-refractivity contribution is -0.116. The Labute approximate surface area is 153 Å². The molecule has 1 heterocycles. The number of rotatable bonds is 4. The largest absolute Gasteiger partial charge is 0.325 e. The van der Waals surface area contributed by atoms with Gasteiger partial charge in [0.05, 0.1) is 17.2 Å². The van der Waals surface area contributed by atoms with Crippen molar-refractivity contribution in [3.8, 4) is 0 Å². The van der Waals surface area contributed by atoms with E-state index >= 15 is 0 Å². The molecule has 0 atom stereocenters. The maximum Gasteiger partial charge on any atom is 0.261 e. The fraction of sp³-hybridized carbons (Fsp3) is 0.211. The minimum atomic E-state index is -0.268. The normalized spacial score (nSPS) is 11.0. The smallest absolute Gasteiger partial charge is 0.261 e. The number of amides is 1. The van der Waals surface area contributed by atoms with E-state index in [1.54, 1.807) is 12.1 Å². The summed E-state index contributed by atoms with van der Waals surface area (Å²) in [6, 6.07) is 13.0. The molecule has 3 rings (SSSR count).